The van der Waals surface area contributed by atoms with Crippen LogP contribution >= 0.6 is 15.6 Å². The molecule has 0 heterocycles. The average Bonchev–Trinajstić information content (AvgIpc) is 3.06. The molecule has 0 aromatic rings. The zero-order valence-electron chi connectivity index (χ0n) is 29.8. The highest BCUT2D eigenvalue weighted by Gasteiger charge is 2.30. The summed E-state index contributed by atoms with van der Waals surface area (Å²) in [5.41, 5.74) is 0. The molecule has 0 spiro atoms. The maximum atomic E-state index is 12.4. The molecule has 17 nitrogen and oxygen atoms in total. The van der Waals surface area contributed by atoms with E-state index >= 15 is 0 Å². The van der Waals surface area contributed by atoms with Gasteiger partial charge < -0.3 is 33.8 Å². The van der Waals surface area contributed by atoms with E-state index in [4.69, 9.17) is 37.0 Å². The summed E-state index contributed by atoms with van der Waals surface area (Å²) in [5.74, 6) is -2.44. The molecule has 0 fully saturated rings. The number of aliphatic hydroxyl groups excluding tert-OH is 1. The zero-order chi connectivity index (χ0) is 37.8. The smallest absolute Gasteiger partial charge is 0.462 e. The van der Waals surface area contributed by atoms with Gasteiger partial charge in [-0.1, -0.05) is 72.1 Å². The van der Waals surface area contributed by atoms with E-state index in [1.807, 2.05) is 13.8 Å². The lowest BCUT2D eigenvalue weighted by molar-refractivity contribution is -0.161. The van der Waals surface area contributed by atoms with Crippen molar-refractivity contribution in [3.05, 3.63) is 0 Å². The van der Waals surface area contributed by atoms with E-state index in [0.717, 1.165) is 58.3 Å². The maximum Gasteiger partial charge on any atom is 0.472 e. The van der Waals surface area contributed by atoms with Crippen LogP contribution in [0.2, 0.25) is 0 Å². The SMILES string of the molecule is CCCCCCCCC(=O)OC[C@H](COP(=O)(O)OC[C@H](O)COP(=O)(O)OC[C@@H](COC(C)=O)OC(=O)CCCCC)OC(=O)CCCC. The number of unbranched alkanes of at least 4 members (excludes halogenated alkanes) is 8. The van der Waals surface area contributed by atoms with Gasteiger partial charge in [0.25, 0.3) is 0 Å². The third kappa shape index (κ3) is 28.7. The molecule has 0 saturated carbocycles. The summed E-state index contributed by atoms with van der Waals surface area (Å²) in [6.07, 6.45) is 5.47. The minimum atomic E-state index is -4.87. The van der Waals surface area contributed by atoms with E-state index < -0.39 is 97.5 Å². The molecule has 0 radical (unpaired) electrons. The second-order valence-electron chi connectivity index (χ2n) is 11.6. The van der Waals surface area contributed by atoms with E-state index in [1.165, 1.54) is 0 Å². The van der Waals surface area contributed by atoms with Gasteiger partial charge in [0.2, 0.25) is 0 Å². The average molecular weight is 765 g/mol. The maximum absolute atomic E-state index is 12.4. The molecule has 0 aromatic heterocycles. The Morgan fingerprint density at radius 2 is 0.900 bits per heavy atom. The topological polar surface area (TPSA) is 237 Å². The lowest BCUT2D eigenvalue weighted by atomic mass is 10.1. The van der Waals surface area contributed by atoms with Crippen LogP contribution < -0.4 is 0 Å². The minimum absolute atomic E-state index is 0.0770. The largest absolute Gasteiger partial charge is 0.472 e. The number of esters is 4. The van der Waals surface area contributed by atoms with Crippen LogP contribution in [0.3, 0.4) is 0 Å². The fourth-order valence-electron chi connectivity index (χ4n) is 3.92. The van der Waals surface area contributed by atoms with Gasteiger partial charge in [0.1, 0.15) is 19.3 Å². The quantitative estimate of drug-likeness (QED) is 0.0351. The number of hydrogen-bond donors (Lipinski definition) is 3. The van der Waals surface area contributed by atoms with Gasteiger partial charge in [-0.15, -0.1) is 0 Å². The lowest BCUT2D eigenvalue weighted by Crippen LogP contribution is -2.30. The van der Waals surface area contributed by atoms with Crippen molar-refractivity contribution < 1.29 is 80.2 Å². The standard InChI is InChI=1S/C31H58O17P2/c1-5-8-11-12-13-15-17-29(34)42-22-28(48-30(35)16-10-7-3)24-46-50(39,40)44-20-26(33)19-43-49(37,38)45-23-27(21-41-25(4)32)47-31(36)18-14-9-6-2/h26-28,33H,5-24H2,1-4H3,(H,37,38)(H,39,40)/t26-,27-,28-/m1/s1. The molecule has 0 bridgehead atoms. The predicted molar refractivity (Wildman–Crippen MR) is 178 cm³/mol. The van der Waals surface area contributed by atoms with Gasteiger partial charge >= 0.3 is 39.5 Å². The summed E-state index contributed by atoms with van der Waals surface area (Å²) in [4.78, 5) is 67.6. The van der Waals surface area contributed by atoms with E-state index in [2.05, 4.69) is 6.92 Å². The van der Waals surface area contributed by atoms with Crippen LogP contribution in [0, 0.1) is 0 Å². The number of carbonyl (C=O) groups excluding carboxylic acids is 4. The summed E-state index contributed by atoms with van der Waals surface area (Å²) in [7, 11) is -9.73. The normalized spacial score (nSPS) is 15.6. The monoisotopic (exact) mass is 764 g/mol. The molecule has 2 unspecified atom stereocenters. The molecule has 0 aliphatic carbocycles. The Morgan fingerprint density at radius 1 is 0.520 bits per heavy atom. The van der Waals surface area contributed by atoms with Crippen molar-refractivity contribution in [3.63, 3.8) is 0 Å². The highest BCUT2D eigenvalue weighted by atomic mass is 31.2. The van der Waals surface area contributed by atoms with Crippen LogP contribution in [0.1, 0.15) is 118 Å². The van der Waals surface area contributed by atoms with Gasteiger partial charge in [-0.05, 0) is 19.3 Å². The Morgan fingerprint density at radius 3 is 1.40 bits per heavy atom. The molecular weight excluding hydrogens is 706 g/mol. The Kier molecular flexibility index (Phi) is 27.5. The second-order valence-corrected chi connectivity index (χ2v) is 14.5. The molecule has 0 amide bonds. The lowest BCUT2D eigenvalue weighted by Gasteiger charge is -2.21. The predicted octanol–water partition coefficient (Wildman–Crippen LogP) is 5.07. The third-order valence-electron chi connectivity index (χ3n) is 6.66. The van der Waals surface area contributed by atoms with Gasteiger partial charge in [0.05, 0.1) is 26.4 Å². The Labute approximate surface area is 295 Å². The Hall–Kier alpha value is -1.94. The van der Waals surface area contributed by atoms with Crippen LogP contribution in [0.5, 0.6) is 0 Å². The number of phosphoric acid groups is 2. The van der Waals surface area contributed by atoms with Gasteiger partial charge in [-0.3, -0.25) is 37.3 Å². The minimum Gasteiger partial charge on any atom is -0.462 e. The van der Waals surface area contributed by atoms with Gasteiger partial charge in [-0.25, -0.2) is 9.13 Å². The van der Waals surface area contributed by atoms with E-state index in [9.17, 15) is 43.2 Å². The first-order chi connectivity index (χ1) is 23.6. The van der Waals surface area contributed by atoms with Gasteiger partial charge in [0.15, 0.2) is 12.2 Å². The number of aliphatic hydroxyl groups is 1. The van der Waals surface area contributed by atoms with Gasteiger partial charge in [-0.2, -0.15) is 0 Å². The van der Waals surface area contributed by atoms with Crippen LogP contribution in [0.4, 0.5) is 0 Å². The van der Waals surface area contributed by atoms with Crippen molar-refractivity contribution in [2.24, 2.45) is 0 Å². The number of rotatable bonds is 32. The summed E-state index contributed by atoms with van der Waals surface area (Å²) in [5, 5.41) is 10.1. The Bertz CT molecular complexity index is 1060. The van der Waals surface area contributed by atoms with Crippen molar-refractivity contribution in [1.29, 1.82) is 0 Å². The van der Waals surface area contributed by atoms with E-state index in [-0.39, 0.29) is 19.3 Å². The van der Waals surface area contributed by atoms with Crippen molar-refractivity contribution in [1.82, 2.24) is 0 Å². The molecule has 19 heteroatoms. The molecule has 3 N–H and O–H groups in total. The first-order valence-corrected chi connectivity index (χ1v) is 20.2. The molecule has 0 saturated heterocycles. The molecule has 0 aliphatic rings. The molecular formula is C31H58O17P2. The van der Waals surface area contributed by atoms with Gasteiger partial charge in [0, 0.05) is 26.2 Å². The highest BCUT2D eigenvalue weighted by molar-refractivity contribution is 7.47. The van der Waals surface area contributed by atoms with Crippen LogP contribution in [-0.2, 0) is 65.4 Å². The molecule has 5 atom stereocenters. The fourth-order valence-corrected chi connectivity index (χ4v) is 5.50. The van der Waals surface area contributed by atoms with Crippen molar-refractivity contribution in [2.75, 3.05) is 39.6 Å². The summed E-state index contributed by atoms with van der Waals surface area (Å²) < 4.78 is 64.3. The molecule has 50 heavy (non-hydrogen) atoms. The first kappa shape index (κ1) is 48.1. The highest BCUT2D eigenvalue weighted by Crippen LogP contribution is 2.45. The summed E-state index contributed by atoms with van der Waals surface area (Å²) >= 11 is 0. The molecule has 0 aromatic carbocycles. The second kappa shape index (κ2) is 28.6. The number of ether oxygens (including phenoxy) is 4. The third-order valence-corrected chi connectivity index (χ3v) is 8.56. The van der Waals surface area contributed by atoms with E-state index in [0.29, 0.717) is 19.3 Å². The number of hydrogen-bond acceptors (Lipinski definition) is 15. The zero-order valence-corrected chi connectivity index (χ0v) is 31.6. The number of phosphoric ester groups is 2. The fraction of sp³-hybridized carbons (Fsp3) is 0.871. The van der Waals surface area contributed by atoms with Crippen molar-refractivity contribution in [2.45, 2.75) is 136 Å². The van der Waals surface area contributed by atoms with Crippen LogP contribution in [0.15, 0.2) is 0 Å². The molecule has 0 rings (SSSR count). The molecule has 0 aliphatic heterocycles. The summed E-state index contributed by atoms with van der Waals surface area (Å²) in [6, 6.07) is 0. The van der Waals surface area contributed by atoms with Crippen molar-refractivity contribution >= 4 is 39.5 Å². The van der Waals surface area contributed by atoms with Crippen LogP contribution in [-0.4, -0.2) is 96.7 Å². The van der Waals surface area contributed by atoms with E-state index in [1.54, 1.807) is 0 Å². The molecule has 294 valence electrons. The van der Waals surface area contributed by atoms with Crippen molar-refractivity contribution in [3.8, 4) is 0 Å². The summed E-state index contributed by atoms with van der Waals surface area (Å²) in [6.45, 7) is 3.03. The number of carbonyl (C=O) groups is 4. The van der Waals surface area contributed by atoms with Crippen LogP contribution in [0.25, 0.3) is 0 Å². The first-order valence-electron chi connectivity index (χ1n) is 17.2. The Balaban J connectivity index is 4.86.